The van der Waals surface area contributed by atoms with E-state index in [4.69, 9.17) is 14.0 Å². The number of ether oxygens (including phenoxy) is 2. The maximum absolute atomic E-state index is 9.94. The number of benzene rings is 2. The van der Waals surface area contributed by atoms with E-state index in [2.05, 4.69) is 11.2 Å². The topological polar surface area (TPSA) is 64.7 Å². The van der Waals surface area contributed by atoms with E-state index in [1.807, 2.05) is 38.1 Å². The average molecular weight is 339 g/mol. The molecular weight excluding hydrogens is 318 g/mol. The summed E-state index contributed by atoms with van der Waals surface area (Å²) in [6, 6.07) is 11.6. The van der Waals surface area contributed by atoms with E-state index in [0.29, 0.717) is 28.5 Å². The van der Waals surface area contributed by atoms with Gasteiger partial charge in [-0.2, -0.15) is 0 Å². The molecule has 0 spiro atoms. The zero-order valence-electron chi connectivity index (χ0n) is 14.8. The molecule has 1 heterocycles. The van der Waals surface area contributed by atoms with Gasteiger partial charge in [0.1, 0.15) is 17.2 Å². The molecule has 3 rings (SSSR count). The molecule has 130 valence electrons. The second kappa shape index (κ2) is 6.99. The normalized spacial score (nSPS) is 10.8. The Kier molecular flexibility index (Phi) is 4.76. The molecule has 0 amide bonds. The van der Waals surface area contributed by atoms with Gasteiger partial charge in [0.15, 0.2) is 5.76 Å². The Morgan fingerprint density at radius 1 is 0.880 bits per heavy atom. The lowest BCUT2D eigenvalue weighted by Crippen LogP contribution is -1.92. The maximum atomic E-state index is 9.94. The molecular formula is C20H21NO4. The van der Waals surface area contributed by atoms with Crippen molar-refractivity contribution in [2.45, 2.75) is 20.5 Å². The molecule has 1 N–H and O–H groups in total. The molecule has 0 radical (unpaired) electrons. The second-order valence-corrected chi connectivity index (χ2v) is 5.97. The molecule has 0 saturated heterocycles. The number of hydrogen-bond donors (Lipinski definition) is 1. The lowest BCUT2D eigenvalue weighted by molar-refractivity contribution is 0.281. The number of hydrogen-bond acceptors (Lipinski definition) is 5. The highest BCUT2D eigenvalue weighted by molar-refractivity contribution is 5.74. The number of aliphatic hydroxyl groups excluding tert-OH is 1. The van der Waals surface area contributed by atoms with Crippen LogP contribution in [0.15, 0.2) is 40.9 Å². The summed E-state index contributed by atoms with van der Waals surface area (Å²) < 4.78 is 16.2. The standard InChI is InChI=1S/C20H21NO4/c1-12-5-13(2)7-15(6-12)20-18(11-22)19(21-25-20)14-8-16(23-3)10-17(9-14)24-4/h5-10,22H,11H2,1-4H3. The monoisotopic (exact) mass is 339 g/mol. The summed E-state index contributed by atoms with van der Waals surface area (Å²) in [5.74, 6) is 1.87. The minimum Gasteiger partial charge on any atom is -0.497 e. The Bertz CT molecular complexity index is 856. The van der Waals surface area contributed by atoms with E-state index in [0.717, 1.165) is 22.3 Å². The van der Waals surface area contributed by atoms with Crippen LogP contribution in [-0.4, -0.2) is 24.5 Å². The number of aryl methyl sites for hydroxylation is 2. The van der Waals surface area contributed by atoms with Crippen LogP contribution in [0.1, 0.15) is 16.7 Å². The lowest BCUT2D eigenvalue weighted by Gasteiger charge is -2.08. The van der Waals surface area contributed by atoms with Crippen molar-refractivity contribution >= 4 is 0 Å². The van der Waals surface area contributed by atoms with Crippen molar-refractivity contribution in [1.82, 2.24) is 5.16 Å². The Labute approximate surface area is 146 Å². The highest BCUT2D eigenvalue weighted by Gasteiger charge is 2.20. The molecule has 0 aliphatic carbocycles. The average Bonchev–Trinajstić information content (AvgIpc) is 3.04. The van der Waals surface area contributed by atoms with E-state index in [-0.39, 0.29) is 6.61 Å². The third-order valence-corrected chi connectivity index (χ3v) is 4.06. The number of nitrogens with zero attached hydrogens (tertiary/aromatic N) is 1. The number of methoxy groups -OCH3 is 2. The van der Waals surface area contributed by atoms with E-state index in [1.54, 1.807) is 20.3 Å². The first-order valence-electron chi connectivity index (χ1n) is 7.97. The molecule has 0 bridgehead atoms. The molecule has 0 aliphatic heterocycles. The Hall–Kier alpha value is -2.79. The van der Waals surface area contributed by atoms with Crippen LogP contribution in [0.25, 0.3) is 22.6 Å². The van der Waals surface area contributed by atoms with Gasteiger partial charge in [-0.3, -0.25) is 0 Å². The zero-order valence-corrected chi connectivity index (χ0v) is 14.8. The van der Waals surface area contributed by atoms with Gasteiger partial charge in [-0.1, -0.05) is 22.3 Å². The summed E-state index contributed by atoms with van der Waals surface area (Å²) in [6.45, 7) is 3.87. The number of aliphatic hydroxyl groups is 1. The highest BCUT2D eigenvalue weighted by Crippen LogP contribution is 2.36. The third kappa shape index (κ3) is 3.37. The predicted molar refractivity (Wildman–Crippen MR) is 95.9 cm³/mol. The van der Waals surface area contributed by atoms with Crippen molar-refractivity contribution in [3.8, 4) is 34.1 Å². The molecule has 1 aromatic heterocycles. The molecule has 5 nitrogen and oxygen atoms in total. The summed E-state index contributed by atoms with van der Waals surface area (Å²) >= 11 is 0. The van der Waals surface area contributed by atoms with Crippen LogP contribution in [0.3, 0.4) is 0 Å². The van der Waals surface area contributed by atoms with Crippen LogP contribution >= 0.6 is 0 Å². The molecule has 0 saturated carbocycles. The summed E-state index contributed by atoms with van der Waals surface area (Å²) in [4.78, 5) is 0. The van der Waals surface area contributed by atoms with E-state index >= 15 is 0 Å². The summed E-state index contributed by atoms with van der Waals surface area (Å²) in [7, 11) is 3.19. The number of rotatable bonds is 5. The molecule has 0 unspecified atom stereocenters. The quantitative estimate of drug-likeness (QED) is 0.757. The first-order valence-corrected chi connectivity index (χ1v) is 7.97. The Balaban J connectivity index is 2.15. The van der Waals surface area contributed by atoms with Gasteiger partial charge >= 0.3 is 0 Å². The first-order chi connectivity index (χ1) is 12.0. The van der Waals surface area contributed by atoms with Crippen LogP contribution < -0.4 is 9.47 Å². The summed E-state index contributed by atoms with van der Waals surface area (Å²) in [6.07, 6.45) is 0. The molecule has 0 fully saturated rings. The summed E-state index contributed by atoms with van der Waals surface area (Å²) in [5, 5.41) is 14.1. The van der Waals surface area contributed by atoms with E-state index in [9.17, 15) is 5.11 Å². The van der Waals surface area contributed by atoms with E-state index in [1.165, 1.54) is 0 Å². The largest absolute Gasteiger partial charge is 0.497 e. The van der Waals surface area contributed by atoms with E-state index < -0.39 is 0 Å². The molecule has 2 aromatic carbocycles. The molecule has 3 aromatic rings. The highest BCUT2D eigenvalue weighted by atomic mass is 16.5. The predicted octanol–water partition coefficient (Wildman–Crippen LogP) is 4.13. The van der Waals surface area contributed by atoms with Gasteiger partial charge in [-0.15, -0.1) is 0 Å². The summed E-state index contributed by atoms with van der Waals surface area (Å²) in [5.41, 5.74) is 5.13. The fourth-order valence-corrected chi connectivity index (χ4v) is 2.96. The van der Waals surface area contributed by atoms with Crippen molar-refractivity contribution < 1.29 is 19.1 Å². The van der Waals surface area contributed by atoms with Crippen molar-refractivity contribution in [1.29, 1.82) is 0 Å². The SMILES string of the molecule is COc1cc(OC)cc(-c2noc(-c3cc(C)cc(C)c3)c2CO)c1. The minimum absolute atomic E-state index is 0.180. The fraction of sp³-hybridized carbons (Fsp3) is 0.250. The third-order valence-electron chi connectivity index (χ3n) is 4.06. The van der Waals surface area contributed by atoms with Gasteiger partial charge in [-0.25, -0.2) is 0 Å². The Morgan fingerprint density at radius 2 is 1.48 bits per heavy atom. The molecule has 25 heavy (non-hydrogen) atoms. The van der Waals surface area contributed by atoms with Crippen LogP contribution in [-0.2, 0) is 6.61 Å². The van der Waals surface area contributed by atoms with Crippen LogP contribution in [0.4, 0.5) is 0 Å². The lowest BCUT2D eigenvalue weighted by atomic mass is 10.00. The molecule has 0 aliphatic rings. The van der Waals surface area contributed by atoms with Gasteiger partial charge in [0.05, 0.1) is 26.4 Å². The van der Waals surface area contributed by atoms with Crippen molar-refractivity contribution in [2.24, 2.45) is 0 Å². The van der Waals surface area contributed by atoms with Crippen molar-refractivity contribution in [2.75, 3.05) is 14.2 Å². The fourth-order valence-electron chi connectivity index (χ4n) is 2.96. The second-order valence-electron chi connectivity index (χ2n) is 5.97. The van der Waals surface area contributed by atoms with Gasteiger partial charge in [0, 0.05) is 17.2 Å². The van der Waals surface area contributed by atoms with Crippen molar-refractivity contribution in [3.63, 3.8) is 0 Å². The number of aromatic nitrogens is 1. The van der Waals surface area contributed by atoms with Crippen LogP contribution in [0.5, 0.6) is 11.5 Å². The van der Waals surface area contributed by atoms with Crippen LogP contribution in [0, 0.1) is 13.8 Å². The maximum Gasteiger partial charge on any atom is 0.173 e. The first kappa shape index (κ1) is 17.0. The smallest absolute Gasteiger partial charge is 0.173 e. The van der Waals surface area contributed by atoms with Gasteiger partial charge in [0.2, 0.25) is 0 Å². The zero-order chi connectivity index (χ0) is 18.0. The molecule has 5 heteroatoms. The van der Waals surface area contributed by atoms with Gasteiger partial charge in [0.25, 0.3) is 0 Å². The minimum atomic E-state index is -0.180. The molecule has 0 atom stereocenters. The van der Waals surface area contributed by atoms with Gasteiger partial charge in [-0.05, 0) is 38.1 Å². The van der Waals surface area contributed by atoms with Gasteiger partial charge < -0.3 is 19.1 Å². The van der Waals surface area contributed by atoms with Crippen LogP contribution in [0.2, 0.25) is 0 Å². The van der Waals surface area contributed by atoms with Crippen molar-refractivity contribution in [3.05, 3.63) is 53.1 Å². The Morgan fingerprint density at radius 3 is 2.00 bits per heavy atom.